The summed E-state index contributed by atoms with van der Waals surface area (Å²) < 4.78 is 13.3. The van der Waals surface area contributed by atoms with Crippen molar-refractivity contribution in [3.63, 3.8) is 0 Å². The third kappa shape index (κ3) is 3.22. The number of halogens is 1. The van der Waals surface area contributed by atoms with Gasteiger partial charge in [0.2, 0.25) is 0 Å². The number of carbonyl (C=O) groups is 1. The number of primary amides is 1. The fourth-order valence-corrected chi connectivity index (χ4v) is 1.42. The van der Waals surface area contributed by atoms with E-state index in [1.807, 2.05) is 0 Å². The summed E-state index contributed by atoms with van der Waals surface area (Å²) in [5, 5.41) is 3.03. The maximum absolute atomic E-state index is 13.3. The zero-order valence-corrected chi connectivity index (χ0v) is 9.59. The quantitative estimate of drug-likeness (QED) is 0.806. The molecule has 0 aliphatic rings. The zero-order valence-electron chi connectivity index (χ0n) is 9.59. The molecule has 0 saturated heterocycles. The van der Waals surface area contributed by atoms with Crippen molar-refractivity contribution >= 4 is 11.6 Å². The van der Waals surface area contributed by atoms with Crippen LogP contribution in [0.5, 0.6) is 0 Å². The molecule has 0 radical (unpaired) electrons. The van der Waals surface area contributed by atoms with Gasteiger partial charge in [0, 0.05) is 12.2 Å². The molecule has 4 heteroatoms. The Kier molecular flexibility index (Phi) is 4.28. The lowest BCUT2D eigenvalue weighted by atomic mass is 10.1. The number of rotatable bonds is 5. The second kappa shape index (κ2) is 5.49. The lowest BCUT2D eigenvalue weighted by Crippen LogP contribution is -2.17. The van der Waals surface area contributed by atoms with Gasteiger partial charge in [-0.15, -0.1) is 0 Å². The highest BCUT2D eigenvalue weighted by Crippen LogP contribution is 2.18. The molecule has 0 unspecified atom stereocenters. The molecule has 0 fully saturated rings. The first-order chi connectivity index (χ1) is 7.52. The molecule has 0 heterocycles. The zero-order chi connectivity index (χ0) is 12.1. The van der Waals surface area contributed by atoms with Crippen LogP contribution in [0, 0.1) is 11.7 Å². The van der Waals surface area contributed by atoms with E-state index in [0.29, 0.717) is 18.2 Å². The molecule has 0 aliphatic heterocycles. The van der Waals surface area contributed by atoms with Crippen LogP contribution in [0.1, 0.15) is 30.6 Å². The molecule has 3 N–H and O–H groups in total. The van der Waals surface area contributed by atoms with E-state index in [0.717, 1.165) is 6.42 Å². The fourth-order valence-electron chi connectivity index (χ4n) is 1.42. The first-order valence-electron chi connectivity index (χ1n) is 5.34. The predicted molar refractivity (Wildman–Crippen MR) is 62.9 cm³/mol. The SMILES string of the molecule is CC(C)CCNc1cccc(F)c1C(N)=O. The molecule has 1 rings (SSSR count). The summed E-state index contributed by atoms with van der Waals surface area (Å²) in [7, 11) is 0. The summed E-state index contributed by atoms with van der Waals surface area (Å²) in [6.45, 7) is 4.89. The minimum absolute atomic E-state index is 0.0637. The summed E-state index contributed by atoms with van der Waals surface area (Å²) in [5.41, 5.74) is 5.53. The third-order valence-electron chi connectivity index (χ3n) is 2.30. The Hall–Kier alpha value is -1.58. The number of nitrogens with one attached hydrogen (secondary N) is 1. The Labute approximate surface area is 94.8 Å². The smallest absolute Gasteiger partial charge is 0.253 e. The first kappa shape index (κ1) is 12.5. The van der Waals surface area contributed by atoms with Crippen molar-refractivity contribution in [2.45, 2.75) is 20.3 Å². The number of hydrogen-bond donors (Lipinski definition) is 2. The van der Waals surface area contributed by atoms with Crippen LogP contribution in [0.2, 0.25) is 0 Å². The lowest BCUT2D eigenvalue weighted by molar-refractivity contribution is 0.0997. The Bertz CT molecular complexity index is 377. The van der Waals surface area contributed by atoms with Gasteiger partial charge < -0.3 is 11.1 Å². The van der Waals surface area contributed by atoms with Crippen LogP contribution < -0.4 is 11.1 Å². The second-order valence-electron chi connectivity index (χ2n) is 4.14. The van der Waals surface area contributed by atoms with E-state index < -0.39 is 11.7 Å². The van der Waals surface area contributed by atoms with E-state index in [-0.39, 0.29) is 5.56 Å². The van der Waals surface area contributed by atoms with Gasteiger partial charge in [-0.05, 0) is 24.5 Å². The molecule has 88 valence electrons. The van der Waals surface area contributed by atoms with Crippen molar-refractivity contribution in [2.24, 2.45) is 11.7 Å². The molecule has 0 spiro atoms. The molecule has 1 amide bonds. The van der Waals surface area contributed by atoms with Crippen LogP contribution in [-0.4, -0.2) is 12.5 Å². The molecule has 3 nitrogen and oxygen atoms in total. The van der Waals surface area contributed by atoms with Gasteiger partial charge in [0.25, 0.3) is 5.91 Å². The van der Waals surface area contributed by atoms with Gasteiger partial charge in [-0.25, -0.2) is 4.39 Å². The van der Waals surface area contributed by atoms with Crippen molar-refractivity contribution in [1.29, 1.82) is 0 Å². The van der Waals surface area contributed by atoms with E-state index in [9.17, 15) is 9.18 Å². The van der Waals surface area contributed by atoms with Crippen LogP contribution in [0.15, 0.2) is 18.2 Å². The molecule has 0 saturated carbocycles. The summed E-state index contributed by atoms with van der Waals surface area (Å²) in [6, 6.07) is 4.44. The minimum Gasteiger partial charge on any atom is -0.384 e. The van der Waals surface area contributed by atoms with Crippen LogP contribution in [0.25, 0.3) is 0 Å². The van der Waals surface area contributed by atoms with Crippen LogP contribution in [-0.2, 0) is 0 Å². The maximum Gasteiger partial charge on any atom is 0.253 e. The molecular formula is C12H17FN2O. The molecule has 16 heavy (non-hydrogen) atoms. The number of anilines is 1. The Morgan fingerprint density at radius 2 is 2.19 bits per heavy atom. The number of benzene rings is 1. The highest BCUT2D eigenvalue weighted by atomic mass is 19.1. The molecule has 1 aromatic rings. The second-order valence-corrected chi connectivity index (χ2v) is 4.14. The van der Waals surface area contributed by atoms with Gasteiger partial charge in [0.05, 0.1) is 5.56 Å². The molecule has 0 bridgehead atoms. The monoisotopic (exact) mass is 224 g/mol. The summed E-state index contributed by atoms with van der Waals surface area (Å²) in [6.07, 6.45) is 0.953. The van der Waals surface area contributed by atoms with E-state index >= 15 is 0 Å². The van der Waals surface area contributed by atoms with E-state index in [2.05, 4.69) is 19.2 Å². The van der Waals surface area contributed by atoms with Gasteiger partial charge in [0.1, 0.15) is 5.82 Å². The lowest BCUT2D eigenvalue weighted by Gasteiger charge is -2.11. The van der Waals surface area contributed by atoms with Crippen molar-refractivity contribution in [1.82, 2.24) is 0 Å². The first-order valence-corrected chi connectivity index (χ1v) is 5.34. The predicted octanol–water partition coefficient (Wildman–Crippen LogP) is 2.38. The van der Waals surface area contributed by atoms with E-state index in [1.165, 1.54) is 6.07 Å². The summed E-state index contributed by atoms with van der Waals surface area (Å²) >= 11 is 0. The fraction of sp³-hybridized carbons (Fsp3) is 0.417. The Balaban J connectivity index is 2.79. The van der Waals surface area contributed by atoms with Gasteiger partial charge in [-0.1, -0.05) is 19.9 Å². The highest BCUT2D eigenvalue weighted by Gasteiger charge is 2.13. The largest absolute Gasteiger partial charge is 0.384 e. The van der Waals surface area contributed by atoms with Crippen LogP contribution >= 0.6 is 0 Å². The van der Waals surface area contributed by atoms with Crippen molar-refractivity contribution < 1.29 is 9.18 Å². The number of hydrogen-bond acceptors (Lipinski definition) is 2. The average molecular weight is 224 g/mol. The summed E-state index contributed by atoms with van der Waals surface area (Å²) in [5.74, 6) is -0.773. The van der Waals surface area contributed by atoms with Gasteiger partial charge in [-0.2, -0.15) is 0 Å². The normalized spacial score (nSPS) is 10.5. The van der Waals surface area contributed by atoms with Crippen LogP contribution in [0.4, 0.5) is 10.1 Å². The number of nitrogens with two attached hydrogens (primary N) is 1. The molecule has 0 aromatic heterocycles. The minimum atomic E-state index is -0.745. The van der Waals surface area contributed by atoms with E-state index in [4.69, 9.17) is 5.73 Å². The third-order valence-corrected chi connectivity index (χ3v) is 2.30. The Morgan fingerprint density at radius 3 is 2.75 bits per heavy atom. The Morgan fingerprint density at radius 1 is 1.50 bits per heavy atom. The summed E-state index contributed by atoms with van der Waals surface area (Å²) in [4.78, 5) is 11.1. The average Bonchev–Trinajstić information content (AvgIpc) is 2.16. The van der Waals surface area contributed by atoms with Crippen molar-refractivity contribution in [3.8, 4) is 0 Å². The van der Waals surface area contributed by atoms with Gasteiger partial charge >= 0.3 is 0 Å². The molecule has 0 atom stereocenters. The van der Waals surface area contributed by atoms with Gasteiger partial charge in [0.15, 0.2) is 0 Å². The van der Waals surface area contributed by atoms with Gasteiger partial charge in [-0.3, -0.25) is 4.79 Å². The molecule has 0 aliphatic carbocycles. The number of carbonyl (C=O) groups excluding carboxylic acids is 1. The van der Waals surface area contributed by atoms with Crippen LogP contribution in [0.3, 0.4) is 0 Å². The highest BCUT2D eigenvalue weighted by molar-refractivity contribution is 5.98. The standard InChI is InChI=1S/C12H17FN2O/c1-8(2)6-7-15-10-5-3-4-9(13)11(10)12(14)16/h3-5,8,15H,6-7H2,1-2H3,(H2,14,16). The van der Waals surface area contributed by atoms with Crippen molar-refractivity contribution in [3.05, 3.63) is 29.6 Å². The number of amides is 1. The van der Waals surface area contributed by atoms with Crippen molar-refractivity contribution in [2.75, 3.05) is 11.9 Å². The molecular weight excluding hydrogens is 207 g/mol. The molecule has 1 aromatic carbocycles. The maximum atomic E-state index is 13.3. The topological polar surface area (TPSA) is 55.1 Å². The van der Waals surface area contributed by atoms with E-state index in [1.54, 1.807) is 12.1 Å².